The highest BCUT2D eigenvalue weighted by Crippen LogP contribution is 2.25. The molecule has 3 N–H and O–H groups in total. The summed E-state index contributed by atoms with van der Waals surface area (Å²) in [6, 6.07) is 4.70. The number of nitrogens with two attached hydrogens (primary N) is 1. The van der Waals surface area contributed by atoms with Crippen LogP contribution < -0.4 is 15.8 Å². The minimum absolute atomic E-state index is 0.0362. The lowest BCUT2D eigenvalue weighted by Crippen LogP contribution is -2.30. The van der Waals surface area contributed by atoms with E-state index in [0.717, 1.165) is 36.1 Å². The molecule has 0 radical (unpaired) electrons. The van der Waals surface area contributed by atoms with Crippen LogP contribution in [0.25, 0.3) is 0 Å². The second-order valence-corrected chi connectivity index (χ2v) is 5.87. The maximum atomic E-state index is 11.6. The largest absolute Gasteiger partial charge is 0.483 e. The fourth-order valence-corrected chi connectivity index (χ4v) is 2.39. The van der Waals surface area contributed by atoms with Gasteiger partial charge in [0.15, 0.2) is 6.61 Å². The van der Waals surface area contributed by atoms with E-state index in [9.17, 15) is 4.79 Å². The molecule has 1 aliphatic carbocycles. The average molecular weight is 276 g/mol. The molecule has 1 fully saturated rings. The van der Waals surface area contributed by atoms with Crippen LogP contribution in [-0.2, 0) is 11.2 Å². The number of carbonyl (C=O) groups is 1. The Labute approximate surface area is 120 Å². The predicted molar refractivity (Wildman–Crippen MR) is 79.9 cm³/mol. The van der Waals surface area contributed by atoms with Gasteiger partial charge in [-0.1, -0.05) is 12.1 Å². The fourth-order valence-electron chi connectivity index (χ4n) is 2.39. The van der Waals surface area contributed by atoms with Gasteiger partial charge in [0, 0.05) is 12.1 Å². The van der Waals surface area contributed by atoms with Gasteiger partial charge in [0.1, 0.15) is 5.75 Å². The van der Waals surface area contributed by atoms with Crippen molar-refractivity contribution in [3.05, 3.63) is 28.8 Å². The third-order valence-electron chi connectivity index (χ3n) is 3.37. The Balaban J connectivity index is 1.98. The van der Waals surface area contributed by atoms with Crippen LogP contribution in [0.5, 0.6) is 5.75 Å². The van der Waals surface area contributed by atoms with Crippen molar-refractivity contribution in [2.45, 2.75) is 52.1 Å². The first-order valence-electron chi connectivity index (χ1n) is 7.23. The Hall–Kier alpha value is -1.55. The molecule has 1 aromatic carbocycles. The zero-order valence-corrected chi connectivity index (χ0v) is 12.5. The SMILES string of the molecule is Cc1cc(CC(C)N)cc(C)c1OCC(=O)NC1CC1. The standard InChI is InChI=1S/C16H24N2O2/c1-10-6-13(8-12(3)17)7-11(2)16(10)20-9-15(19)18-14-4-5-14/h6-7,12,14H,4-5,8-9,17H2,1-3H3,(H,18,19). The minimum Gasteiger partial charge on any atom is -0.483 e. The summed E-state index contributed by atoms with van der Waals surface area (Å²) in [6.45, 7) is 6.10. The molecule has 4 heteroatoms. The highest BCUT2D eigenvalue weighted by atomic mass is 16.5. The molecule has 4 nitrogen and oxygen atoms in total. The molecule has 0 saturated heterocycles. The van der Waals surface area contributed by atoms with E-state index in [1.807, 2.05) is 20.8 Å². The average Bonchev–Trinajstić information content (AvgIpc) is 3.10. The summed E-state index contributed by atoms with van der Waals surface area (Å²) in [5.41, 5.74) is 9.15. The molecular formula is C16H24N2O2. The van der Waals surface area contributed by atoms with Crippen molar-refractivity contribution in [1.82, 2.24) is 5.32 Å². The minimum atomic E-state index is -0.0362. The third kappa shape index (κ3) is 4.23. The van der Waals surface area contributed by atoms with E-state index in [4.69, 9.17) is 10.5 Å². The molecule has 20 heavy (non-hydrogen) atoms. The van der Waals surface area contributed by atoms with Crippen LogP contribution in [0, 0.1) is 13.8 Å². The monoisotopic (exact) mass is 276 g/mol. The molecule has 0 aromatic heterocycles. The molecule has 0 spiro atoms. The summed E-state index contributed by atoms with van der Waals surface area (Å²) in [5, 5.41) is 2.92. The van der Waals surface area contributed by atoms with Crippen molar-refractivity contribution in [2.75, 3.05) is 6.61 Å². The van der Waals surface area contributed by atoms with Gasteiger partial charge in [-0.25, -0.2) is 0 Å². The van der Waals surface area contributed by atoms with Crippen LogP contribution >= 0.6 is 0 Å². The Morgan fingerprint density at radius 3 is 2.50 bits per heavy atom. The number of ether oxygens (including phenoxy) is 1. The highest BCUT2D eigenvalue weighted by molar-refractivity contribution is 5.78. The van der Waals surface area contributed by atoms with Gasteiger partial charge in [0.2, 0.25) is 0 Å². The smallest absolute Gasteiger partial charge is 0.258 e. The number of nitrogens with one attached hydrogen (secondary N) is 1. The van der Waals surface area contributed by atoms with Gasteiger partial charge < -0.3 is 15.8 Å². The summed E-state index contributed by atoms with van der Waals surface area (Å²) in [4.78, 5) is 11.6. The van der Waals surface area contributed by atoms with Gasteiger partial charge >= 0.3 is 0 Å². The lowest BCUT2D eigenvalue weighted by atomic mass is 10.0. The summed E-state index contributed by atoms with van der Waals surface area (Å²) in [7, 11) is 0. The molecule has 2 rings (SSSR count). The molecule has 0 bridgehead atoms. The maximum Gasteiger partial charge on any atom is 0.258 e. The molecule has 0 heterocycles. The van der Waals surface area contributed by atoms with Crippen LogP contribution in [0.3, 0.4) is 0 Å². The van der Waals surface area contributed by atoms with Gasteiger partial charge in [0.25, 0.3) is 5.91 Å². The number of hydrogen-bond donors (Lipinski definition) is 2. The Bertz CT molecular complexity index is 470. The molecule has 1 aliphatic rings. The molecule has 1 unspecified atom stereocenters. The van der Waals surface area contributed by atoms with Crippen molar-refractivity contribution in [1.29, 1.82) is 0 Å². The second-order valence-electron chi connectivity index (χ2n) is 5.87. The van der Waals surface area contributed by atoms with E-state index >= 15 is 0 Å². The van der Waals surface area contributed by atoms with Crippen molar-refractivity contribution < 1.29 is 9.53 Å². The Morgan fingerprint density at radius 1 is 1.40 bits per heavy atom. The Kier molecular flexibility index (Phi) is 4.65. The first-order chi connectivity index (χ1) is 9.45. The highest BCUT2D eigenvalue weighted by Gasteiger charge is 2.23. The van der Waals surface area contributed by atoms with Gasteiger partial charge in [-0.15, -0.1) is 0 Å². The second kappa shape index (κ2) is 6.27. The van der Waals surface area contributed by atoms with Gasteiger partial charge in [-0.2, -0.15) is 0 Å². The van der Waals surface area contributed by atoms with E-state index in [1.165, 1.54) is 5.56 Å². The molecule has 1 aromatic rings. The topological polar surface area (TPSA) is 64.3 Å². The molecule has 110 valence electrons. The maximum absolute atomic E-state index is 11.6. The molecule has 0 aliphatic heterocycles. The van der Waals surface area contributed by atoms with E-state index in [2.05, 4.69) is 17.4 Å². The van der Waals surface area contributed by atoms with Gasteiger partial charge in [-0.05, 0) is 56.7 Å². The normalized spacial score (nSPS) is 15.8. The van der Waals surface area contributed by atoms with Gasteiger partial charge in [-0.3, -0.25) is 4.79 Å². The van der Waals surface area contributed by atoms with Crippen LogP contribution in [0.2, 0.25) is 0 Å². The Morgan fingerprint density at radius 2 is 2.00 bits per heavy atom. The van der Waals surface area contributed by atoms with Crippen LogP contribution in [-0.4, -0.2) is 24.6 Å². The van der Waals surface area contributed by atoms with Crippen molar-refractivity contribution >= 4 is 5.91 Å². The molecule has 1 atom stereocenters. The third-order valence-corrected chi connectivity index (χ3v) is 3.37. The van der Waals surface area contributed by atoms with Crippen molar-refractivity contribution in [2.24, 2.45) is 5.73 Å². The quantitative estimate of drug-likeness (QED) is 0.833. The fraction of sp³-hybridized carbons (Fsp3) is 0.562. The van der Waals surface area contributed by atoms with Crippen LogP contribution in [0.15, 0.2) is 12.1 Å². The van der Waals surface area contributed by atoms with E-state index in [0.29, 0.717) is 6.04 Å². The zero-order chi connectivity index (χ0) is 14.7. The first-order valence-corrected chi connectivity index (χ1v) is 7.23. The van der Waals surface area contributed by atoms with E-state index in [1.54, 1.807) is 0 Å². The molecule has 1 saturated carbocycles. The summed E-state index contributed by atoms with van der Waals surface area (Å²) in [6.07, 6.45) is 3.04. The predicted octanol–water partition coefficient (Wildman–Crippen LogP) is 1.85. The molecular weight excluding hydrogens is 252 g/mol. The number of hydrogen-bond acceptors (Lipinski definition) is 3. The van der Waals surface area contributed by atoms with Crippen LogP contribution in [0.1, 0.15) is 36.5 Å². The summed E-state index contributed by atoms with van der Waals surface area (Å²) in [5.74, 6) is 0.773. The summed E-state index contributed by atoms with van der Waals surface area (Å²) >= 11 is 0. The van der Waals surface area contributed by atoms with Gasteiger partial charge in [0.05, 0.1) is 0 Å². The lowest BCUT2D eigenvalue weighted by molar-refractivity contribution is -0.123. The van der Waals surface area contributed by atoms with Crippen molar-refractivity contribution in [3.63, 3.8) is 0 Å². The number of aryl methyl sites for hydroxylation is 2. The summed E-state index contributed by atoms with van der Waals surface area (Å²) < 4.78 is 5.67. The van der Waals surface area contributed by atoms with Crippen molar-refractivity contribution in [3.8, 4) is 5.75 Å². The van der Waals surface area contributed by atoms with E-state index in [-0.39, 0.29) is 18.6 Å². The lowest BCUT2D eigenvalue weighted by Gasteiger charge is -2.15. The number of rotatable bonds is 6. The van der Waals surface area contributed by atoms with E-state index < -0.39 is 0 Å². The first kappa shape index (κ1) is 14.9. The number of amides is 1. The number of benzene rings is 1. The van der Waals surface area contributed by atoms with Crippen LogP contribution in [0.4, 0.5) is 0 Å². The zero-order valence-electron chi connectivity index (χ0n) is 12.5. The number of carbonyl (C=O) groups excluding carboxylic acids is 1. The molecule has 1 amide bonds.